The van der Waals surface area contributed by atoms with E-state index in [2.05, 4.69) is 17.4 Å². The first-order chi connectivity index (χ1) is 14.5. The minimum atomic E-state index is -0.0325. The summed E-state index contributed by atoms with van der Waals surface area (Å²) in [4.78, 5) is 0. The van der Waals surface area contributed by atoms with Gasteiger partial charge in [-0.15, -0.1) is 37.2 Å². The van der Waals surface area contributed by atoms with Gasteiger partial charge in [-0.05, 0) is 61.4 Å². The highest BCUT2D eigenvalue weighted by Gasteiger charge is 2.26. The number of anilines is 1. The van der Waals surface area contributed by atoms with Gasteiger partial charge in [-0.25, -0.2) is 5.01 Å². The predicted molar refractivity (Wildman–Crippen MR) is 142 cm³/mol. The van der Waals surface area contributed by atoms with Crippen molar-refractivity contribution in [3.8, 4) is 17.2 Å². The lowest BCUT2D eigenvalue weighted by molar-refractivity contribution is 0.109. The van der Waals surface area contributed by atoms with Crippen molar-refractivity contribution in [3.63, 3.8) is 0 Å². The number of halogens is 3. The van der Waals surface area contributed by atoms with Gasteiger partial charge in [0.15, 0.2) is 11.5 Å². The summed E-state index contributed by atoms with van der Waals surface area (Å²) in [6.45, 7) is 4.00. The Morgan fingerprint density at radius 3 is 2.42 bits per heavy atom. The number of nitrogens with two attached hydrogens (primary N) is 1. The van der Waals surface area contributed by atoms with E-state index < -0.39 is 0 Å². The van der Waals surface area contributed by atoms with Crippen molar-refractivity contribution in [3.05, 3.63) is 47.0 Å². The second-order valence-electron chi connectivity index (χ2n) is 8.27. The van der Waals surface area contributed by atoms with Crippen molar-refractivity contribution >= 4 is 42.9 Å². The Hall–Kier alpha value is -1.57. The molecule has 3 rings (SSSR count). The molecule has 1 unspecified atom stereocenters. The normalized spacial score (nSPS) is 14.5. The lowest BCUT2D eigenvalue weighted by atomic mass is 9.87. The summed E-state index contributed by atoms with van der Waals surface area (Å²) < 4.78 is 0. The summed E-state index contributed by atoms with van der Waals surface area (Å²) in [7, 11) is 0. The van der Waals surface area contributed by atoms with Crippen LogP contribution < -0.4 is 11.2 Å². The van der Waals surface area contributed by atoms with E-state index in [4.69, 9.17) is 5.73 Å². The minimum Gasteiger partial charge on any atom is -0.506 e. The highest BCUT2D eigenvalue weighted by Crippen LogP contribution is 2.36. The van der Waals surface area contributed by atoms with Crippen molar-refractivity contribution in [2.45, 2.75) is 64.3 Å². The zero-order chi connectivity index (χ0) is 21.5. The Balaban J connectivity index is 0.00000341. The van der Waals surface area contributed by atoms with Crippen LogP contribution in [0.5, 0.6) is 17.2 Å². The van der Waals surface area contributed by atoms with Gasteiger partial charge in [0.1, 0.15) is 5.75 Å². The van der Waals surface area contributed by atoms with Crippen molar-refractivity contribution in [1.29, 1.82) is 0 Å². The van der Waals surface area contributed by atoms with Crippen LogP contribution in [0.3, 0.4) is 0 Å². The molecule has 0 aromatic heterocycles. The van der Waals surface area contributed by atoms with Crippen molar-refractivity contribution in [2.75, 3.05) is 18.8 Å². The average Bonchev–Trinajstić information content (AvgIpc) is 2.75. The summed E-state index contributed by atoms with van der Waals surface area (Å²) in [6.07, 6.45) is 8.23. The molecule has 1 aliphatic carbocycles. The van der Waals surface area contributed by atoms with Crippen LogP contribution in [0, 0.1) is 0 Å². The standard InChI is InChI=1S/C24H35N3O3.3ClH/c1-2-3-4-5-14-27(26-13-12-17-6-10-22(28)21(25)15-17)19-8-9-20-18(16-19)7-11-23(29)24(20)30;;;/h6-7,10-11,15,19,26,28-30H,2-5,8-9,12-14,16,25H2,1H3;3*1H. The fourth-order valence-corrected chi connectivity index (χ4v) is 4.27. The van der Waals surface area contributed by atoms with Crippen molar-refractivity contribution in [2.24, 2.45) is 0 Å². The van der Waals surface area contributed by atoms with Crippen LogP contribution in [0.15, 0.2) is 30.3 Å². The molecule has 2 aromatic carbocycles. The van der Waals surface area contributed by atoms with E-state index in [1.807, 2.05) is 18.2 Å². The van der Waals surface area contributed by atoms with Gasteiger partial charge in [-0.1, -0.05) is 38.3 Å². The SMILES string of the molecule is CCCCCCN(NCCc1ccc(O)c(N)c1)C1CCc2c(ccc(O)c2O)C1.Cl.Cl.Cl. The highest BCUT2D eigenvalue weighted by atomic mass is 35.5. The zero-order valence-corrected chi connectivity index (χ0v) is 21.6. The molecule has 2 aromatic rings. The topological polar surface area (TPSA) is 102 Å². The second kappa shape index (κ2) is 15.4. The van der Waals surface area contributed by atoms with Gasteiger partial charge in [0.05, 0.1) is 5.69 Å². The molecular formula is C24H38Cl3N3O3. The van der Waals surface area contributed by atoms with Gasteiger partial charge in [0.2, 0.25) is 0 Å². The van der Waals surface area contributed by atoms with Gasteiger partial charge in [0.25, 0.3) is 0 Å². The van der Waals surface area contributed by atoms with E-state index in [9.17, 15) is 15.3 Å². The van der Waals surface area contributed by atoms with E-state index in [-0.39, 0.29) is 54.5 Å². The summed E-state index contributed by atoms with van der Waals surface area (Å²) in [5.41, 5.74) is 12.9. The maximum absolute atomic E-state index is 10.2. The minimum absolute atomic E-state index is 0. The monoisotopic (exact) mass is 521 g/mol. The lowest BCUT2D eigenvalue weighted by Gasteiger charge is -2.36. The molecule has 1 atom stereocenters. The number of hydrogen-bond donors (Lipinski definition) is 5. The molecular weight excluding hydrogens is 485 g/mol. The quantitative estimate of drug-likeness (QED) is 0.128. The molecule has 0 spiro atoms. The predicted octanol–water partition coefficient (Wildman–Crippen LogP) is 5.14. The Morgan fingerprint density at radius 2 is 1.73 bits per heavy atom. The first-order valence-corrected chi connectivity index (χ1v) is 11.1. The number of rotatable bonds is 10. The molecule has 0 bridgehead atoms. The van der Waals surface area contributed by atoms with E-state index in [1.54, 1.807) is 12.1 Å². The number of nitrogen functional groups attached to an aromatic ring is 1. The third-order valence-electron chi connectivity index (χ3n) is 6.06. The number of nitrogens with zero attached hydrogens (tertiary/aromatic N) is 1. The molecule has 6 nitrogen and oxygen atoms in total. The van der Waals surface area contributed by atoms with Crippen LogP contribution in [0.25, 0.3) is 0 Å². The number of hydrazine groups is 1. The molecule has 6 N–H and O–H groups in total. The van der Waals surface area contributed by atoms with Crippen LogP contribution >= 0.6 is 37.2 Å². The number of hydrogen-bond acceptors (Lipinski definition) is 6. The molecule has 33 heavy (non-hydrogen) atoms. The fraction of sp³-hybridized carbons (Fsp3) is 0.500. The van der Waals surface area contributed by atoms with E-state index >= 15 is 0 Å². The molecule has 0 amide bonds. The lowest BCUT2D eigenvalue weighted by Crippen LogP contribution is -2.49. The summed E-state index contributed by atoms with van der Waals surface area (Å²) in [6, 6.07) is 9.26. The molecule has 0 aliphatic heterocycles. The van der Waals surface area contributed by atoms with Crippen LogP contribution in [0.2, 0.25) is 0 Å². The number of aromatic hydroxyl groups is 3. The first kappa shape index (κ1) is 31.4. The van der Waals surface area contributed by atoms with Crippen LogP contribution in [0.4, 0.5) is 5.69 Å². The molecule has 0 heterocycles. The molecule has 188 valence electrons. The Morgan fingerprint density at radius 1 is 1.00 bits per heavy atom. The van der Waals surface area contributed by atoms with E-state index in [0.29, 0.717) is 11.7 Å². The maximum atomic E-state index is 10.2. The van der Waals surface area contributed by atoms with Gasteiger partial charge in [-0.2, -0.15) is 0 Å². The number of benzene rings is 2. The van der Waals surface area contributed by atoms with Gasteiger partial charge in [0, 0.05) is 24.7 Å². The van der Waals surface area contributed by atoms with E-state index in [1.165, 1.54) is 19.3 Å². The Labute approximate surface area is 215 Å². The number of phenolic OH excluding ortho intramolecular Hbond substituents is 3. The second-order valence-corrected chi connectivity index (χ2v) is 8.27. The number of fused-ring (bicyclic) bond motifs is 1. The highest BCUT2D eigenvalue weighted by molar-refractivity contribution is 5.86. The van der Waals surface area contributed by atoms with Gasteiger partial charge in [-0.3, -0.25) is 5.43 Å². The van der Waals surface area contributed by atoms with Crippen LogP contribution in [0.1, 0.15) is 55.7 Å². The van der Waals surface area contributed by atoms with Crippen molar-refractivity contribution < 1.29 is 15.3 Å². The fourth-order valence-electron chi connectivity index (χ4n) is 4.27. The number of phenols is 3. The van der Waals surface area contributed by atoms with E-state index in [0.717, 1.165) is 61.9 Å². The first-order valence-electron chi connectivity index (χ1n) is 11.1. The number of nitrogens with one attached hydrogen (secondary N) is 1. The maximum Gasteiger partial charge on any atom is 0.160 e. The summed E-state index contributed by atoms with van der Waals surface area (Å²) in [5.74, 6) is 0.132. The molecule has 0 saturated heterocycles. The number of unbranched alkanes of at least 4 members (excludes halogenated alkanes) is 3. The Kier molecular flexibility index (Phi) is 14.6. The molecule has 0 fully saturated rings. The van der Waals surface area contributed by atoms with Crippen LogP contribution in [-0.4, -0.2) is 39.5 Å². The van der Waals surface area contributed by atoms with Crippen molar-refractivity contribution in [1.82, 2.24) is 10.4 Å². The third-order valence-corrected chi connectivity index (χ3v) is 6.06. The molecule has 1 aliphatic rings. The zero-order valence-electron chi connectivity index (χ0n) is 19.1. The molecule has 9 heteroatoms. The summed E-state index contributed by atoms with van der Waals surface area (Å²) >= 11 is 0. The largest absolute Gasteiger partial charge is 0.506 e. The van der Waals surface area contributed by atoms with Gasteiger partial charge < -0.3 is 21.1 Å². The van der Waals surface area contributed by atoms with Gasteiger partial charge >= 0.3 is 0 Å². The Bertz CT molecular complexity index is 855. The van der Waals surface area contributed by atoms with Crippen LogP contribution in [-0.2, 0) is 19.3 Å². The average molecular weight is 523 g/mol. The molecule has 0 saturated carbocycles. The molecule has 0 radical (unpaired) electrons. The summed E-state index contributed by atoms with van der Waals surface area (Å²) in [5, 5.41) is 31.9. The smallest absolute Gasteiger partial charge is 0.160 e. The third kappa shape index (κ3) is 8.62.